The summed E-state index contributed by atoms with van der Waals surface area (Å²) in [6.45, 7) is 12.6. The van der Waals surface area contributed by atoms with Gasteiger partial charge in [0, 0.05) is 18.9 Å². The topological polar surface area (TPSA) is 0 Å². The molecular formula is C13H16Li. The van der Waals surface area contributed by atoms with E-state index in [1.165, 1.54) is 5.56 Å². The molecule has 0 amide bonds. The van der Waals surface area contributed by atoms with Crippen molar-refractivity contribution in [3.63, 3.8) is 0 Å². The van der Waals surface area contributed by atoms with Gasteiger partial charge in [0.05, 0.1) is 0 Å². The van der Waals surface area contributed by atoms with Gasteiger partial charge in [0.2, 0.25) is 0 Å². The van der Waals surface area contributed by atoms with Gasteiger partial charge in [-0.3, -0.25) is 0 Å². The monoisotopic (exact) mass is 179 g/mol. The summed E-state index contributed by atoms with van der Waals surface area (Å²) in [7, 11) is 0. The fraction of sp³-hybridized carbons (Fsp3) is 0.0769. The molecule has 0 atom stereocenters. The van der Waals surface area contributed by atoms with E-state index in [-0.39, 0.29) is 18.9 Å². The first-order valence-electron chi connectivity index (χ1n) is 4.16. The average molecular weight is 179 g/mol. The minimum atomic E-state index is 0. The molecule has 0 aliphatic heterocycles. The Balaban J connectivity index is 0. The zero-order chi connectivity index (χ0) is 10.1. The molecule has 0 saturated carbocycles. The number of allylic oxidation sites excluding steroid dienone is 2. The molecule has 0 heterocycles. The second kappa shape index (κ2) is 10.1. The molecule has 0 aromatic heterocycles. The molecule has 0 aliphatic rings. The summed E-state index contributed by atoms with van der Waals surface area (Å²) in [5.74, 6) is 0. The van der Waals surface area contributed by atoms with Crippen molar-refractivity contribution in [3.05, 3.63) is 67.3 Å². The molecule has 0 aliphatic carbocycles. The van der Waals surface area contributed by atoms with Gasteiger partial charge in [-0.15, -0.1) is 0 Å². The van der Waals surface area contributed by atoms with Crippen LogP contribution in [0, 0.1) is 0 Å². The zero-order valence-electron chi connectivity index (χ0n) is 9.16. The molecule has 1 aromatic rings. The summed E-state index contributed by atoms with van der Waals surface area (Å²) in [4.78, 5) is 0. The molecule has 1 rings (SSSR count). The second-order valence-electron chi connectivity index (χ2n) is 2.67. The Bertz CT molecular complexity index is 273. The summed E-state index contributed by atoms with van der Waals surface area (Å²) in [5.41, 5.74) is 2.19. The maximum Gasteiger partial charge on any atom is 0 e. The molecule has 1 heteroatoms. The minimum Gasteiger partial charge on any atom is -0.0988 e. The van der Waals surface area contributed by atoms with Crippen molar-refractivity contribution in [3.8, 4) is 0 Å². The molecule has 1 radical (unpaired) electrons. The van der Waals surface area contributed by atoms with Gasteiger partial charge in [0.15, 0.2) is 0 Å². The second-order valence-corrected chi connectivity index (χ2v) is 2.67. The number of hydrogen-bond acceptors (Lipinski definition) is 0. The fourth-order valence-electron chi connectivity index (χ4n) is 0.589. The van der Waals surface area contributed by atoms with E-state index in [9.17, 15) is 0 Å². The van der Waals surface area contributed by atoms with Crippen LogP contribution in [0.5, 0.6) is 0 Å². The third kappa shape index (κ3) is 9.13. The van der Waals surface area contributed by atoms with Crippen LogP contribution >= 0.6 is 0 Å². The molecular weight excluding hydrogens is 163 g/mol. The smallest absolute Gasteiger partial charge is 0 e. The van der Waals surface area contributed by atoms with E-state index in [0.29, 0.717) is 0 Å². The van der Waals surface area contributed by atoms with E-state index in [0.717, 1.165) is 5.57 Å². The summed E-state index contributed by atoms with van der Waals surface area (Å²) >= 11 is 0. The summed E-state index contributed by atoms with van der Waals surface area (Å²) in [5, 5.41) is 0. The largest absolute Gasteiger partial charge is 0.0988 e. The molecule has 0 N–H and O–H groups in total. The molecule has 0 bridgehead atoms. The van der Waals surface area contributed by atoms with Gasteiger partial charge in [-0.25, -0.2) is 0 Å². The van der Waals surface area contributed by atoms with E-state index in [4.69, 9.17) is 0 Å². The van der Waals surface area contributed by atoms with Crippen molar-refractivity contribution >= 4 is 24.9 Å². The van der Waals surface area contributed by atoms with Crippen molar-refractivity contribution in [2.75, 3.05) is 0 Å². The van der Waals surface area contributed by atoms with Gasteiger partial charge in [0.1, 0.15) is 0 Å². The molecule has 0 nitrogen and oxygen atoms in total. The van der Waals surface area contributed by atoms with Gasteiger partial charge in [-0.2, -0.15) is 0 Å². The first-order chi connectivity index (χ1) is 6.20. The van der Waals surface area contributed by atoms with Crippen molar-refractivity contribution in [1.82, 2.24) is 0 Å². The van der Waals surface area contributed by atoms with Gasteiger partial charge in [-0.05, 0) is 12.5 Å². The Morgan fingerprint density at radius 2 is 1.57 bits per heavy atom. The predicted molar refractivity (Wildman–Crippen MR) is 67.3 cm³/mol. The van der Waals surface area contributed by atoms with E-state index >= 15 is 0 Å². The Hall–Kier alpha value is -0.963. The standard InChI is InChI=1S/C8H8.C5H8.Li/c1-2-8-6-4-3-5-7-8;1-4-5(2)3;/h2-7H,1H2;4H,1-2H2,3H3;. The third-order valence-corrected chi connectivity index (χ3v) is 1.38. The summed E-state index contributed by atoms with van der Waals surface area (Å²) in [6.07, 6.45) is 3.56. The molecule has 14 heavy (non-hydrogen) atoms. The van der Waals surface area contributed by atoms with Gasteiger partial charge < -0.3 is 0 Å². The van der Waals surface area contributed by atoms with Crippen LogP contribution in [0.3, 0.4) is 0 Å². The Kier molecular flexibility index (Phi) is 11.2. The summed E-state index contributed by atoms with van der Waals surface area (Å²) in [6, 6.07) is 10.0. The van der Waals surface area contributed by atoms with Gasteiger partial charge >= 0.3 is 0 Å². The van der Waals surface area contributed by atoms with Gasteiger partial charge in [-0.1, -0.05) is 67.8 Å². The van der Waals surface area contributed by atoms with Crippen molar-refractivity contribution in [1.29, 1.82) is 0 Å². The van der Waals surface area contributed by atoms with Crippen LogP contribution in [0.4, 0.5) is 0 Å². The molecule has 1 aromatic carbocycles. The third-order valence-electron chi connectivity index (χ3n) is 1.38. The fourth-order valence-corrected chi connectivity index (χ4v) is 0.589. The van der Waals surface area contributed by atoms with Crippen LogP contribution in [-0.4, -0.2) is 18.9 Å². The van der Waals surface area contributed by atoms with Crippen molar-refractivity contribution in [2.24, 2.45) is 0 Å². The van der Waals surface area contributed by atoms with E-state index in [1.54, 1.807) is 6.08 Å². The minimum absolute atomic E-state index is 0. The first kappa shape index (κ1) is 15.5. The zero-order valence-corrected chi connectivity index (χ0v) is 9.16. The maximum atomic E-state index is 3.63. The van der Waals surface area contributed by atoms with E-state index < -0.39 is 0 Å². The van der Waals surface area contributed by atoms with Crippen molar-refractivity contribution < 1.29 is 0 Å². The Morgan fingerprint density at radius 1 is 1.14 bits per heavy atom. The van der Waals surface area contributed by atoms with E-state index in [2.05, 4.69) is 19.7 Å². The van der Waals surface area contributed by atoms with Crippen LogP contribution in [0.2, 0.25) is 0 Å². The van der Waals surface area contributed by atoms with Crippen LogP contribution in [-0.2, 0) is 0 Å². The Labute approximate surface area is 99.2 Å². The molecule has 69 valence electrons. The van der Waals surface area contributed by atoms with Crippen LogP contribution in [0.1, 0.15) is 12.5 Å². The average Bonchev–Trinajstić information content (AvgIpc) is 2.20. The van der Waals surface area contributed by atoms with Crippen LogP contribution < -0.4 is 0 Å². The van der Waals surface area contributed by atoms with Gasteiger partial charge in [0.25, 0.3) is 0 Å². The van der Waals surface area contributed by atoms with E-state index in [1.807, 2.05) is 43.3 Å². The predicted octanol–water partition coefficient (Wildman–Crippen LogP) is 3.70. The number of hydrogen-bond donors (Lipinski definition) is 0. The normalized spacial score (nSPS) is 7.21. The van der Waals surface area contributed by atoms with Crippen molar-refractivity contribution in [2.45, 2.75) is 6.92 Å². The quantitative estimate of drug-likeness (QED) is 0.479. The molecule has 0 saturated heterocycles. The Morgan fingerprint density at radius 3 is 1.79 bits per heavy atom. The number of rotatable bonds is 2. The first-order valence-corrected chi connectivity index (χ1v) is 4.16. The maximum absolute atomic E-state index is 3.63. The SMILES string of the molecule is C=CC(=C)C.C=Cc1ccccc1.[Li]. The molecule has 0 spiro atoms. The van der Waals surface area contributed by atoms with Crippen LogP contribution in [0.15, 0.2) is 61.7 Å². The number of benzene rings is 1. The molecule has 0 fully saturated rings. The summed E-state index contributed by atoms with van der Waals surface area (Å²) < 4.78 is 0. The van der Waals surface area contributed by atoms with Crippen LogP contribution in [0.25, 0.3) is 6.08 Å². The molecule has 0 unspecified atom stereocenters.